The van der Waals surface area contributed by atoms with Gasteiger partial charge in [0, 0.05) is 6.61 Å². The van der Waals surface area contributed by atoms with Crippen molar-refractivity contribution in [2.75, 3.05) is 6.61 Å². The van der Waals surface area contributed by atoms with Gasteiger partial charge in [0.15, 0.2) is 8.32 Å². The highest BCUT2D eigenvalue weighted by Crippen LogP contribution is 2.36. The maximum absolute atomic E-state index is 10.2. The summed E-state index contributed by atoms with van der Waals surface area (Å²) in [7, 11) is -1.69. The Bertz CT molecular complexity index is 470. The van der Waals surface area contributed by atoms with Gasteiger partial charge in [-0.15, -0.1) is 0 Å². The summed E-state index contributed by atoms with van der Waals surface area (Å²) in [5.74, 6) is 0. The maximum atomic E-state index is 10.2. The molecule has 5 heteroatoms. The van der Waals surface area contributed by atoms with Crippen LogP contribution < -0.4 is 0 Å². The normalized spacial score (nSPS) is 14.3. The van der Waals surface area contributed by atoms with Gasteiger partial charge < -0.3 is 9.53 Å². The lowest BCUT2D eigenvalue weighted by molar-refractivity contribution is 0.152. The van der Waals surface area contributed by atoms with E-state index in [0.717, 1.165) is 12.0 Å². The predicted octanol–water partition coefficient (Wildman–Crippen LogP) is 5.83. The number of benzene rings is 1. The molecule has 1 aromatic carbocycles. The van der Waals surface area contributed by atoms with E-state index in [9.17, 15) is 5.11 Å². The molecule has 1 aromatic rings. The fourth-order valence-corrected chi connectivity index (χ4v) is 3.10. The zero-order valence-corrected chi connectivity index (χ0v) is 16.1. The molecular formula is C16H26Cl2O2Si. The first kappa shape index (κ1) is 19.0. The highest BCUT2D eigenvalue weighted by molar-refractivity contribution is 6.74. The van der Waals surface area contributed by atoms with Gasteiger partial charge in [-0.1, -0.05) is 50.0 Å². The van der Waals surface area contributed by atoms with E-state index in [1.807, 2.05) is 6.07 Å². The van der Waals surface area contributed by atoms with Gasteiger partial charge in [0.05, 0.1) is 16.1 Å². The SMILES string of the molecule is CC(C)(C)[Si](C)(C)OCCC[C@@H](O)c1ccc(Cl)c(Cl)c1. The van der Waals surface area contributed by atoms with E-state index in [4.69, 9.17) is 27.6 Å². The van der Waals surface area contributed by atoms with Gasteiger partial charge in [0.25, 0.3) is 0 Å². The lowest BCUT2D eigenvalue weighted by Gasteiger charge is -2.36. The number of hydrogen-bond acceptors (Lipinski definition) is 2. The average molecular weight is 349 g/mol. The van der Waals surface area contributed by atoms with Crippen molar-refractivity contribution in [1.29, 1.82) is 0 Å². The summed E-state index contributed by atoms with van der Waals surface area (Å²) in [5.41, 5.74) is 0.803. The summed E-state index contributed by atoms with van der Waals surface area (Å²) in [5, 5.41) is 11.4. The number of halogens is 2. The third kappa shape index (κ3) is 5.57. The van der Waals surface area contributed by atoms with Gasteiger partial charge >= 0.3 is 0 Å². The van der Waals surface area contributed by atoms with Gasteiger partial charge in [0.1, 0.15) is 0 Å². The Balaban J connectivity index is 2.44. The van der Waals surface area contributed by atoms with Gasteiger partial charge in [-0.05, 0) is 48.7 Å². The molecule has 2 nitrogen and oxygen atoms in total. The van der Waals surface area contributed by atoms with Crippen molar-refractivity contribution in [3.63, 3.8) is 0 Å². The third-order valence-electron chi connectivity index (χ3n) is 4.22. The monoisotopic (exact) mass is 348 g/mol. The van der Waals surface area contributed by atoms with Crippen molar-refractivity contribution >= 4 is 31.5 Å². The molecule has 21 heavy (non-hydrogen) atoms. The van der Waals surface area contributed by atoms with Crippen molar-refractivity contribution in [3.05, 3.63) is 33.8 Å². The fourth-order valence-electron chi connectivity index (χ4n) is 1.71. The Morgan fingerprint density at radius 3 is 2.33 bits per heavy atom. The second-order valence-corrected chi connectivity index (χ2v) is 12.6. The van der Waals surface area contributed by atoms with Crippen LogP contribution in [-0.2, 0) is 4.43 Å². The second-order valence-electron chi connectivity index (χ2n) is 6.94. The standard InChI is InChI=1S/C16H26Cl2O2Si/c1-16(2,3)21(4,5)20-10-6-7-15(19)12-8-9-13(17)14(18)11-12/h8-9,11,15,19H,6-7,10H2,1-5H3/t15-/m1/s1. The van der Waals surface area contributed by atoms with Crippen molar-refractivity contribution in [3.8, 4) is 0 Å². The number of aliphatic hydroxyl groups excluding tert-OH is 1. The number of aliphatic hydroxyl groups is 1. The van der Waals surface area contributed by atoms with Crippen LogP contribution in [0.4, 0.5) is 0 Å². The minimum Gasteiger partial charge on any atom is -0.417 e. The smallest absolute Gasteiger partial charge is 0.191 e. The molecule has 0 fully saturated rings. The van der Waals surface area contributed by atoms with Crippen LogP contribution in [0.15, 0.2) is 18.2 Å². The molecule has 0 bridgehead atoms. The molecule has 0 saturated heterocycles. The Labute approximate surface area is 139 Å². The van der Waals surface area contributed by atoms with E-state index in [2.05, 4.69) is 33.9 Å². The van der Waals surface area contributed by atoms with E-state index in [0.29, 0.717) is 23.1 Å². The topological polar surface area (TPSA) is 29.5 Å². The maximum Gasteiger partial charge on any atom is 0.191 e. The first-order valence-electron chi connectivity index (χ1n) is 7.31. The highest BCUT2D eigenvalue weighted by atomic mass is 35.5. The molecule has 0 radical (unpaired) electrons. The lowest BCUT2D eigenvalue weighted by Crippen LogP contribution is -2.41. The third-order valence-corrected chi connectivity index (χ3v) is 9.50. The molecule has 0 aromatic heterocycles. The van der Waals surface area contributed by atoms with Gasteiger partial charge in [0.2, 0.25) is 0 Å². The van der Waals surface area contributed by atoms with Crippen molar-refractivity contribution in [2.24, 2.45) is 0 Å². The summed E-state index contributed by atoms with van der Waals surface area (Å²) in [6, 6.07) is 5.26. The van der Waals surface area contributed by atoms with Crippen LogP contribution in [0.1, 0.15) is 45.3 Å². The van der Waals surface area contributed by atoms with Crippen LogP contribution in [-0.4, -0.2) is 20.0 Å². The van der Waals surface area contributed by atoms with Crippen LogP contribution in [0, 0.1) is 0 Å². The minimum atomic E-state index is -1.69. The molecule has 0 amide bonds. The van der Waals surface area contributed by atoms with Crippen molar-refractivity contribution in [2.45, 2.75) is 57.8 Å². The Kier molecular flexibility index (Phi) is 6.75. The Morgan fingerprint density at radius 1 is 1.19 bits per heavy atom. The molecule has 120 valence electrons. The van der Waals surface area contributed by atoms with Crippen LogP contribution in [0.3, 0.4) is 0 Å². The summed E-state index contributed by atoms with van der Waals surface area (Å²) >= 11 is 11.8. The van der Waals surface area contributed by atoms with Gasteiger partial charge in [-0.3, -0.25) is 0 Å². The summed E-state index contributed by atoms with van der Waals surface area (Å²) in [4.78, 5) is 0. The van der Waals surface area contributed by atoms with Gasteiger partial charge in [-0.25, -0.2) is 0 Å². The molecule has 0 aliphatic carbocycles. The Hall–Kier alpha value is -0.0631. The summed E-state index contributed by atoms with van der Waals surface area (Å²) < 4.78 is 6.10. The van der Waals surface area contributed by atoms with E-state index in [1.165, 1.54) is 0 Å². The number of hydrogen-bond donors (Lipinski definition) is 1. The molecule has 0 heterocycles. The molecule has 0 unspecified atom stereocenters. The molecule has 1 atom stereocenters. The minimum absolute atomic E-state index is 0.218. The first-order valence-corrected chi connectivity index (χ1v) is 11.0. The zero-order chi connectivity index (χ0) is 16.3. The average Bonchev–Trinajstić information content (AvgIpc) is 2.36. The molecule has 0 aliphatic rings. The van der Waals surface area contributed by atoms with Crippen LogP contribution in [0.2, 0.25) is 28.2 Å². The Morgan fingerprint density at radius 2 is 1.81 bits per heavy atom. The quantitative estimate of drug-likeness (QED) is 0.517. The summed E-state index contributed by atoms with van der Waals surface area (Å²) in [6.07, 6.45) is 0.961. The van der Waals surface area contributed by atoms with Crippen LogP contribution in [0.5, 0.6) is 0 Å². The van der Waals surface area contributed by atoms with Crippen molar-refractivity contribution < 1.29 is 9.53 Å². The number of rotatable bonds is 6. The predicted molar refractivity (Wildman–Crippen MR) is 93.8 cm³/mol. The molecule has 0 aliphatic heterocycles. The first-order chi connectivity index (χ1) is 9.54. The van der Waals surface area contributed by atoms with Crippen LogP contribution in [0.25, 0.3) is 0 Å². The van der Waals surface area contributed by atoms with E-state index < -0.39 is 14.4 Å². The van der Waals surface area contributed by atoms with E-state index in [1.54, 1.807) is 12.1 Å². The summed E-state index contributed by atoms with van der Waals surface area (Å²) in [6.45, 7) is 11.8. The second kappa shape index (κ2) is 7.47. The largest absolute Gasteiger partial charge is 0.417 e. The van der Waals surface area contributed by atoms with Crippen molar-refractivity contribution in [1.82, 2.24) is 0 Å². The van der Waals surface area contributed by atoms with Crippen LogP contribution >= 0.6 is 23.2 Å². The molecule has 1 N–H and O–H groups in total. The van der Waals surface area contributed by atoms with Gasteiger partial charge in [-0.2, -0.15) is 0 Å². The molecule has 0 saturated carbocycles. The lowest BCUT2D eigenvalue weighted by atomic mass is 10.1. The molecule has 1 rings (SSSR count). The highest BCUT2D eigenvalue weighted by Gasteiger charge is 2.36. The zero-order valence-electron chi connectivity index (χ0n) is 13.5. The molecular weight excluding hydrogens is 323 g/mol. The fraction of sp³-hybridized carbons (Fsp3) is 0.625. The van der Waals surface area contributed by atoms with E-state index >= 15 is 0 Å². The van der Waals surface area contributed by atoms with E-state index in [-0.39, 0.29) is 5.04 Å². The molecule has 0 spiro atoms.